The highest BCUT2D eigenvalue weighted by Crippen LogP contribution is 2.25. The maximum absolute atomic E-state index is 8.91. The van der Waals surface area contributed by atoms with Gasteiger partial charge in [0.1, 0.15) is 5.75 Å². The highest BCUT2D eigenvalue weighted by atomic mass is 32.1. The Morgan fingerprint density at radius 3 is 3.07 bits per heavy atom. The molecule has 1 aromatic rings. The van der Waals surface area contributed by atoms with Gasteiger partial charge in [0.25, 0.3) is 0 Å². The van der Waals surface area contributed by atoms with Crippen molar-refractivity contribution in [3.05, 3.63) is 29.0 Å². The summed E-state index contributed by atoms with van der Waals surface area (Å²) in [5.41, 5.74) is 0. The van der Waals surface area contributed by atoms with Gasteiger partial charge in [0.2, 0.25) is 0 Å². The first kappa shape index (κ1) is 12.2. The Labute approximate surface area is 94.6 Å². The molecule has 0 aliphatic carbocycles. The van der Waals surface area contributed by atoms with Crippen molar-refractivity contribution < 1.29 is 9.84 Å². The van der Waals surface area contributed by atoms with Crippen LogP contribution in [0.2, 0.25) is 0 Å². The van der Waals surface area contributed by atoms with Gasteiger partial charge in [0.15, 0.2) is 0 Å². The van der Waals surface area contributed by atoms with Gasteiger partial charge in [-0.05, 0) is 11.4 Å². The highest BCUT2D eigenvalue weighted by Gasteiger charge is 2.09. The summed E-state index contributed by atoms with van der Waals surface area (Å²) in [6.45, 7) is 6.11. The van der Waals surface area contributed by atoms with Crippen LogP contribution in [0.25, 0.3) is 0 Å². The van der Waals surface area contributed by atoms with E-state index in [0.29, 0.717) is 6.54 Å². The van der Waals surface area contributed by atoms with Crippen LogP contribution in [0.5, 0.6) is 5.75 Å². The topological polar surface area (TPSA) is 32.7 Å². The first-order chi connectivity index (χ1) is 7.31. The molecule has 0 saturated carbocycles. The minimum absolute atomic E-state index is 0.168. The first-order valence-corrected chi connectivity index (χ1v) is 5.74. The van der Waals surface area contributed by atoms with Gasteiger partial charge in [-0.2, -0.15) is 0 Å². The second-order valence-corrected chi connectivity index (χ2v) is 4.16. The van der Waals surface area contributed by atoms with Crippen LogP contribution < -0.4 is 4.74 Å². The minimum atomic E-state index is 0.168. The lowest BCUT2D eigenvalue weighted by Crippen LogP contribution is -2.26. The van der Waals surface area contributed by atoms with Crippen molar-refractivity contribution in [1.29, 1.82) is 0 Å². The molecule has 0 fully saturated rings. The number of methoxy groups -OCH3 is 1. The summed E-state index contributed by atoms with van der Waals surface area (Å²) < 4.78 is 5.24. The first-order valence-electron chi connectivity index (χ1n) is 4.86. The van der Waals surface area contributed by atoms with E-state index in [0.717, 1.165) is 18.8 Å². The normalized spacial score (nSPS) is 10.6. The van der Waals surface area contributed by atoms with Crippen LogP contribution in [-0.2, 0) is 6.54 Å². The molecular weight excluding hydrogens is 210 g/mol. The lowest BCUT2D eigenvalue weighted by atomic mass is 10.3. The smallest absolute Gasteiger partial charge is 0.134 e. The fourth-order valence-corrected chi connectivity index (χ4v) is 2.27. The average molecular weight is 227 g/mol. The third-order valence-corrected chi connectivity index (χ3v) is 2.98. The van der Waals surface area contributed by atoms with Crippen LogP contribution in [0.1, 0.15) is 4.88 Å². The van der Waals surface area contributed by atoms with Crippen LogP contribution in [-0.4, -0.2) is 36.8 Å². The van der Waals surface area contributed by atoms with Gasteiger partial charge in [-0.25, -0.2) is 0 Å². The Balaban J connectivity index is 2.60. The summed E-state index contributed by atoms with van der Waals surface area (Å²) in [4.78, 5) is 3.31. The Morgan fingerprint density at radius 1 is 1.67 bits per heavy atom. The standard InChI is InChI=1S/C11H17NO2S/c1-3-5-12(6-7-13)9-11-10(14-2)4-8-15-11/h3-4,8,13H,1,5-7,9H2,2H3. The largest absolute Gasteiger partial charge is 0.496 e. The third-order valence-electron chi connectivity index (χ3n) is 2.10. The summed E-state index contributed by atoms with van der Waals surface area (Å²) in [7, 11) is 1.68. The van der Waals surface area contributed by atoms with E-state index in [9.17, 15) is 0 Å². The van der Waals surface area contributed by atoms with E-state index in [1.165, 1.54) is 4.88 Å². The van der Waals surface area contributed by atoms with Gasteiger partial charge in [-0.3, -0.25) is 4.90 Å². The van der Waals surface area contributed by atoms with Crippen molar-refractivity contribution in [2.75, 3.05) is 26.8 Å². The summed E-state index contributed by atoms with van der Waals surface area (Å²) in [6, 6.07) is 1.96. The average Bonchev–Trinajstić information content (AvgIpc) is 2.66. The Morgan fingerprint density at radius 2 is 2.47 bits per heavy atom. The molecule has 1 heterocycles. The summed E-state index contributed by atoms with van der Waals surface area (Å²) in [5.74, 6) is 0.923. The zero-order valence-corrected chi connectivity index (χ0v) is 9.80. The third kappa shape index (κ3) is 3.66. The van der Waals surface area contributed by atoms with E-state index in [2.05, 4.69) is 11.5 Å². The van der Waals surface area contributed by atoms with E-state index in [1.54, 1.807) is 18.4 Å². The molecule has 15 heavy (non-hydrogen) atoms. The number of thiophene rings is 1. The van der Waals surface area contributed by atoms with Gasteiger partial charge < -0.3 is 9.84 Å². The van der Waals surface area contributed by atoms with Gasteiger partial charge in [-0.15, -0.1) is 17.9 Å². The SMILES string of the molecule is C=CCN(CCO)Cc1sccc1OC. The Hall–Kier alpha value is -0.840. The Kier molecular flexibility index (Phi) is 5.39. The van der Waals surface area contributed by atoms with Crippen molar-refractivity contribution >= 4 is 11.3 Å². The molecule has 0 atom stereocenters. The summed E-state index contributed by atoms with van der Waals surface area (Å²) in [6.07, 6.45) is 1.84. The number of aliphatic hydroxyl groups excluding tert-OH is 1. The lowest BCUT2D eigenvalue weighted by molar-refractivity contribution is 0.203. The molecule has 3 nitrogen and oxygen atoms in total. The number of aliphatic hydroxyl groups is 1. The molecule has 0 amide bonds. The zero-order valence-electron chi connectivity index (χ0n) is 8.98. The van der Waals surface area contributed by atoms with Gasteiger partial charge in [0.05, 0.1) is 18.6 Å². The van der Waals surface area contributed by atoms with Gasteiger partial charge >= 0.3 is 0 Å². The molecular formula is C11H17NO2S. The lowest BCUT2D eigenvalue weighted by Gasteiger charge is -2.18. The van der Waals surface area contributed by atoms with E-state index >= 15 is 0 Å². The molecule has 84 valence electrons. The molecule has 1 rings (SSSR count). The van der Waals surface area contributed by atoms with Crippen LogP contribution in [0.15, 0.2) is 24.1 Å². The molecule has 0 aliphatic heterocycles. The summed E-state index contributed by atoms with van der Waals surface area (Å²) in [5, 5.41) is 10.9. The highest BCUT2D eigenvalue weighted by molar-refractivity contribution is 7.10. The molecule has 0 saturated heterocycles. The van der Waals surface area contributed by atoms with Crippen LogP contribution in [0.4, 0.5) is 0 Å². The molecule has 1 aromatic heterocycles. The van der Waals surface area contributed by atoms with Crippen LogP contribution in [0, 0.1) is 0 Å². The molecule has 0 unspecified atom stereocenters. The molecule has 4 heteroatoms. The second-order valence-electron chi connectivity index (χ2n) is 3.16. The molecule has 1 N–H and O–H groups in total. The van der Waals surface area contributed by atoms with Crippen molar-refractivity contribution in [2.45, 2.75) is 6.54 Å². The van der Waals surface area contributed by atoms with E-state index < -0.39 is 0 Å². The number of ether oxygens (including phenoxy) is 1. The molecule has 0 aromatic carbocycles. The molecule has 0 aliphatic rings. The van der Waals surface area contributed by atoms with Crippen LogP contribution in [0.3, 0.4) is 0 Å². The maximum Gasteiger partial charge on any atom is 0.134 e. The van der Waals surface area contributed by atoms with Gasteiger partial charge in [-0.1, -0.05) is 6.08 Å². The van der Waals surface area contributed by atoms with E-state index in [4.69, 9.17) is 9.84 Å². The van der Waals surface area contributed by atoms with E-state index in [-0.39, 0.29) is 6.61 Å². The van der Waals surface area contributed by atoms with Crippen molar-refractivity contribution in [2.24, 2.45) is 0 Å². The predicted octanol–water partition coefficient (Wildman–Crippen LogP) is 1.74. The molecule has 0 spiro atoms. The van der Waals surface area contributed by atoms with Crippen molar-refractivity contribution in [3.63, 3.8) is 0 Å². The van der Waals surface area contributed by atoms with Gasteiger partial charge in [0, 0.05) is 19.6 Å². The maximum atomic E-state index is 8.91. The van der Waals surface area contributed by atoms with E-state index in [1.807, 2.05) is 17.5 Å². The van der Waals surface area contributed by atoms with Crippen molar-refractivity contribution in [3.8, 4) is 5.75 Å². The number of hydrogen-bond donors (Lipinski definition) is 1. The Bertz CT molecular complexity index is 299. The zero-order chi connectivity index (χ0) is 11.1. The molecule has 0 bridgehead atoms. The summed E-state index contributed by atoms with van der Waals surface area (Å²) >= 11 is 1.67. The second kappa shape index (κ2) is 6.61. The monoisotopic (exact) mass is 227 g/mol. The predicted molar refractivity (Wildman–Crippen MR) is 63.4 cm³/mol. The quantitative estimate of drug-likeness (QED) is 0.720. The number of nitrogens with zero attached hydrogens (tertiary/aromatic N) is 1. The number of hydrogen-bond acceptors (Lipinski definition) is 4. The van der Waals surface area contributed by atoms with Crippen molar-refractivity contribution in [1.82, 2.24) is 4.90 Å². The van der Waals surface area contributed by atoms with Crippen LogP contribution >= 0.6 is 11.3 Å². The fraction of sp³-hybridized carbons (Fsp3) is 0.455. The fourth-order valence-electron chi connectivity index (χ4n) is 1.39. The number of rotatable bonds is 7. The molecule has 0 radical (unpaired) electrons. The minimum Gasteiger partial charge on any atom is -0.496 e.